The van der Waals surface area contributed by atoms with E-state index in [1.165, 1.54) is 4.88 Å². The van der Waals surface area contributed by atoms with Crippen LogP contribution in [0.1, 0.15) is 34.0 Å². The molecule has 0 saturated carbocycles. The van der Waals surface area contributed by atoms with E-state index in [2.05, 4.69) is 22.2 Å². The van der Waals surface area contributed by atoms with Gasteiger partial charge in [0.1, 0.15) is 0 Å². The first-order chi connectivity index (χ1) is 12.6. The normalized spacial score (nSPS) is 16.6. The molecule has 0 spiro atoms. The van der Waals surface area contributed by atoms with E-state index in [0.717, 1.165) is 42.1 Å². The van der Waals surface area contributed by atoms with E-state index in [-0.39, 0.29) is 12.1 Å². The molecule has 26 heavy (non-hydrogen) atoms. The first-order valence-corrected chi connectivity index (χ1v) is 9.89. The minimum absolute atomic E-state index is 0.0534. The largest absolute Gasteiger partial charge is 0.376 e. The lowest BCUT2D eigenvalue weighted by atomic mass is 10.2. The number of rotatable bonds is 7. The molecule has 7 heteroatoms. The first kappa shape index (κ1) is 18.8. The number of hydrogen-bond acceptors (Lipinski definition) is 5. The third-order valence-electron chi connectivity index (χ3n) is 4.55. The average Bonchev–Trinajstić information content (AvgIpc) is 3.25. The van der Waals surface area contributed by atoms with Crippen molar-refractivity contribution in [3.05, 3.63) is 45.7 Å². The molecule has 1 aliphatic heterocycles. The second-order valence-corrected chi connectivity index (χ2v) is 7.89. The highest BCUT2D eigenvalue weighted by atomic mass is 32.1. The Bertz CT molecular complexity index is 694. The fraction of sp³-hybridized carbons (Fsp3) is 0.526. The van der Waals surface area contributed by atoms with Gasteiger partial charge in [-0.3, -0.25) is 4.98 Å². The molecule has 3 rings (SSSR count). The van der Waals surface area contributed by atoms with Crippen LogP contribution in [0.4, 0.5) is 4.79 Å². The lowest BCUT2D eigenvalue weighted by Gasteiger charge is -2.25. The molecule has 3 heterocycles. The second-order valence-electron chi connectivity index (χ2n) is 6.60. The zero-order chi connectivity index (χ0) is 18.4. The molecule has 2 aromatic heterocycles. The molecular formula is C19H26N4O2S. The molecule has 2 amide bonds. The Kier molecular flexibility index (Phi) is 6.57. The molecule has 1 fully saturated rings. The van der Waals surface area contributed by atoms with Crippen LogP contribution in [-0.4, -0.2) is 46.7 Å². The molecule has 1 atom stereocenters. The number of nitrogens with zero attached hydrogens (tertiary/aromatic N) is 3. The van der Waals surface area contributed by atoms with Crippen LogP contribution in [-0.2, 0) is 17.7 Å². The van der Waals surface area contributed by atoms with E-state index >= 15 is 0 Å². The van der Waals surface area contributed by atoms with Crippen LogP contribution in [0.5, 0.6) is 0 Å². The van der Waals surface area contributed by atoms with E-state index in [9.17, 15) is 4.79 Å². The summed E-state index contributed by atoms with van der Waals surface area (Å²) in [5.41, 5.74) is 2.15. The van der Waals surface area contributed by atoms with Crippen molar-refractivity contribution in [2.45, 2.75) is 45.8 Å². The van der Waals surface area contributed by atoms with Gasteiger partial charge in [0, 0.05) is 49.9 Å². The number of carbonyl (C=O) groups is 1. The molecule has 0 aliphatic carbocycles. The standard InChI is InChI=1S/C19H26N4O2S/c1-14-15(2)26-18(22-14)7-10-21-19(24)23(13-17-4-3-11-25-17)12-16-5-8-20-9-6-16/h5-6,8-9,17H,3-4,7,10-13H2,1-2H3,(H,21,24)/t17-/m1/s1. The van der Waals surface area contributed by atoms with Gasteiger partial charge in [-0.15, -0.1) is 11.3 Å². The fourth-order valence-electron chi connectivity index (χ4n) is 3.00. The summed E-state index contributed by atoms with van der Waals surface area (Å²) in [6.07, 6.45) is 6.48. The monoisotopic (exact) mass is 374 g/mol. The van der Waals surface area contributed by atoms with Gasteiger partial charge >= 0.3 is 6.03 Å². The number of aryl methyl sites for hydroxylation is 2. The Balaban J connectivity index is 1.56. The van der Waals surface area contributed by atoms with Crippen molar-refractivity contribution in [1.82, 2.24) is 20.2 Å². The van der Waals surface area contributed by atoms with Crippen LogP contribution in [0.3, 0.4) is 0 Å². The van der Waals surface area contributed by atoms with Gasteiger partial charge in [-0.05, 0) is 44.4 Å². The van der Waals surface area contributed by atoms with Crippen LogP contribution in [0.2, 0.25) is 0 Å². The summed E-state index contributed by atoms with van der Waals surface area (Å²) >= 11 is 1.70. The highest BCUT2D eigenvalue weighted by Gasteiger charge is 2.22. The fourth-order valence-corrected chi connectivity index (χ4v) is 3.93. The van der Waals surface area contributed by atoms with E-state index in [1.54, 1.807) is 23.7 Å². The quantitative estimate of drug-likeness (QED) is 0.809. The summed E-state index contributed by atoms with van der Waals surface area (Å²) in [5, 5.41) is 4.11. The van der Waals surface area contributed by atoms with Gasteiger partial charge < -0.3 is 15.0 Å². The van der Waals surface area contributed by atoms with Crippen molar-refractivity contribution in [1.29, 1.82) is 0 Å². The lowest BCUT2D eigenvalue weighted by molar-refractivity contribution is 0.0795. The zero-order valence-electron chi connectivity index (χ0n) is 15.4. The van der Waals surface area contributed by atoms with Gasteiger partial charge in [0.05, 0.1) is 16.8 Å². The summed E-state index contributed by atoms with van der Waals surface area (Å²) in [4.78, 5) is 24.4. The second kappa shape index (κ2) is 9.09. The van der Waals surface area contributed by atoms with Crippen molar-refractivity contribution < 1.29 is 9.53 Å². The Labute approximate surface area is 158 Å². The highest BCUT2D eigenvalue weighted by Crippen LogP contribution is 2.17. The minimum Gasteiger partial charge on any atom is -0.376 e. The minimum atomic E-state index is -0.0534. The van der Waals surface area contributed by atoms with Crippen LogP contribution in [0, 0.1) is 13.8 Å². The number of amides is 2. The van der Waals surface area contributed by atoms with Crippen LogP contribution in [0.15, 0.2) is 24.5 Å². The molecule has 1 N–H and O–H groups in total. The summed E-state index contributed by atoms with van der Waals surface area (Å²) < 4.78 is 5.72. The molecule has 1 aliphatic rings. The number of pyridine rings is 1. The van der Waals surface area contributed by atoms with Crippen LogP contribution < -0.4 is 5.32 Å². The molecule has 140 valence electrons. The molecule has 2 aromatic rings. The van der Waals surface area contributed by atoms with Gasteiger partial charge in [-0.1, -0.05) is 0 Å². The van der Waals surface area contributed by atoms with E-state index in [0.29, 0.717) is 19.6 Å². The molecule has 0 aromatic carbocycles. The number of aromatic nitrogens is 2. The molecule has 0 unspecified atom stereocenters. The van der Waals surface area contributed by atoms with Crippen molar-refractivity contribution >= 4 is 17.4 Å². The number of hydrogen-bond donors (Lipinski definition) is 1. The van der Waals surface area contributed by atoms with E-state index in [4.69, 9.17) is 4.74 Å². The third-order valence-corrected chi connectivity index (χ3v) is 5.68. The average molecular weight is 375 g/mol. The predicted octanol–water partition coefficient (Wildman–Crippen LogP) is 3.09. The van der Waals surface area contributed by atoms with Crippen LogP contribution >= 0.6 is 11.3 Å². The third kappa shape index (κ3) is 5.25. The molecule has 6 nitrogen and oxygen atoms in total. The summed E-state index contributed by atoms with van der Waals surface area (Å²) in [6.45, 7) is 6.65. The Morgan fingerprint density at radius 2 is 2.19 bits per heavy atom. The van der Waals surface area contributed by atoms with Gasteiger partial charge in [-0.25, -0.2) is 9.78 Å². The van der Waals surface area contributed by atoms with Crippen molar-refractivity contribution in [2.75, 3.05) is 19.7 Å². The van der Waals surface area contributed by atoms with Crippen LogP contribution in [0.25, 0.3) is 0 Å². The SMILES string of the molecule is Cc1nc(CCNC(=O)N(Cc2ccncc2)C[C@H]2CCCO2)sc1C. The Morgan fingerprint density at radius 1 is 1.38 bits per heavy atom. The van der Waals surface area contributed by atoms with Crippen molar-refractivity contribution in [2.24, 2.45) is 0 Å². The molecule has 1 saturated heterocycles. The van der Waals surface area contributed by atoms with Gasteiger partial charge in [0.2, 0.25) is 0 Å². The summed E-state index contributed by atoms with van der Waals surface area (Å²) in [7, 11) is 0. The van der Waals surface area contributed by atoms with E-state index < -0.39 is 0 Å². The molecule has 0 radical (unpaired) electrons. The smallest absolute Gasteiger partial charge is 0.317 e. The summed E-state index contributed by atoms with van der Waals surface area (Å²) in [6, 6.07) is 3.83. The lowest BCUT2D eigenvalue weighted by Crippen LogP contribution is -2.43. The number of thiazole rings is 1. The first-order valence-electron chi connectivity index (χ1n) is 9.08. The summed E-state index contributed by atoms with van der Waals surface area (Å²) in [5.74, 6) is 0. The molecular weight excluding hydrogens is 348 g/mol. The Morgan fingerprint density at radius 3 is 2.85 bits per heavy atom. The van der Waals surface area contributed by atoms with E-state index in [1.807, 2.05) is 24.0 Å². The topological polar surface area (TPSA) is 67.4 Å². The van der Waals surface area contributed by atoms with Crippen molar-refractivity contribution in [3.8, 4) is 0 Å². The van der Waals surface area contributed by atoms with Crippen molar-refractivity contribution in [3.63, 3.8) is 0 Å². The Hall–Kier alpha value is -1.99. The molecule has 0 bridgehead atoms. The van der Waals surface area contributed by atoms with Gasteiger partial charge in [0.25, 0.3) is 0 Å². The number of nitrogens with one attached hydrogen (secondary N) is 1. The highest BCUT2D eigenvalue weighted by molar-refractivity contribution is 7.11. The maximum Gasteiger partial charge on any atom is 0.317 e. The zero-order valence-corrected chi connectivity index (χ0v) is 16.2. The number of ether oxygens (including phenoxy) is 1. The maximum absolute atomic E-state index is 12.7. The maximum atomic E-state index is 12.7. The predicted molar refractivity (Wildman–Crippen MR) is 102 cm³/mol. The van der Waals surface area contributed by atoms with Gasteiger partial charge in [0.15, 0.2) is 0 Å². The number of urea groups is 1. The van der Waals surface area contributed by atoms with Gasteiger partial charge in [-0.2, -0.15) is 0 Å². The number of carbonyl (C=O) groups excluding carboxylic acids is 1.